The molecule has 6 heteroatoms. The number of halogens is 3. The van der Waals surface area contributed by atoms with Gasteiger partial charge in [-0.15, -0.1) is 0 Å². The van der Waals surface area contributed by atoms with Crippen molar-refractivity contribution >= 4 is 11.6 Å². The Morgan fingerprint density at radius 3 is 2.32 bits per heavy atom. The number of carbonyl (C=O) groups is 1. The molecule has 0 aliphatic carbocycles. The molecule has 0 aliphatic heterocycles. The van der Waals surface area contributed by atoms with Crippen LogP contribution >= 0.6 is 0 Å². The number of amides is 1. The first-order valence-electron chi connectivity index (χ1n) is 6.00. The van der Waals surface area contributed by atoms with Crippen LogP contribution in [-0.4, -0.2) is 12.5 Å². The fraction of sp³-hybridized carbons (Fsp3) is 0.462. The third kappa shape index (κ3) is 4.24. The normalized spacial score (nSPS) is 12.6. The van der Waals surface area contributed by atoms with Crippen molar-refractivity contribution in [1.82, 2.24) is 0 Å². The van der Waals surface area contributed by atoms with Crippen LogP contribution < -0.4 is 11.1 Å². The third-order valence-electron chi connectivity index (χ3n) is 2.68. The Kier molecular flexibility index (Phi) is 5.35. The van der Waals surface area contributed by atoms with Crippen molar-refractivity contribution < 1.29 is 18.0 Å². The highest BCUT2D eigenvalue weighted by atomic mass is 19.2. The molecule has 1 aromatic rings. The number of rotatable bonds is 5. The van der Waals surface area contributed by atoms with Crippen molar-refractivity contribution in [2.45, 2.75) is 20.3 Å². The van der Waals surface area contributed by atoms with Gasteiger partial charge in [-0.3, -0.25) is 4.79 Å². The van der Waals surface area contributed by atoms with E-state index in [-0.39, 0.29) is 18.2 Å². The minimum atomic E-state index is -1.30. The summed E-state index contributed by atoms with van der Waals surface area (Å²) < 4.78 is 39.1. The highest BCUT2D eigenvalue weighted by Crippen LogP contribution is 2.20. The van der Waals surface area contributed by atoms with E-state index in [1.165, 1.54) is 0 Å². The smallest absolute Gasteiger partial charge is 0.228 e. The second kappa shape index (κ2) is 6.56. The van der Waals surface area contributed by atoms with Gasteiger partial charge in [0.25, 0.3) is 0 Å². The van der Waals surface area contributed by atoms with Crippen LogP contribution in [0, 0.1) is 29.3 Å². The summed E-state index contributed by atoms with van der Waals surface area (Å²) in [6.07, 6.45) is 0.535. The fourth-order valence-corrected chi connectivity index (χ4v) is 1.73. The molecule has 3 N–H and O–H groups in total. The number of hydrogen-bond acceptors (Lipinski definition) is 2. The van der Waals surface area contributed by atoms with E-state index in [9.17, 15) is 18.0 Å². The largest absolute Gasteiger partial charge is 0.330 e. The Morgan fingerprint density at radius 2 is 1.79 bits per heavy atom. The molecule has 19 heavy (non-hydrogen) atoms. The number of benzene rings is 1. The second-order valence-electron chi connectivity index (χ2n) is 4.80. The van der Waals surface area contributed by atoms with Crippen LogP contribution in [0.4, 0.5) is 18.9 Å². The molecule has 1 unspecified atom stereocenters. The quantitative estimate of drug-likeness (QED) is 0.811. The highest BCUT2D eigenvalue weighted by Gasteiger charge is 2.20. The Morgan fingerprint density at radius 1 is 1.21 bits per heavy atom. The summed E-state index contributed by atoms with van der Waals surface area (Å²) in [4.78, 5) is 11.9. The second-order valence-corrected chi connectivity index (χ2v) is 4.80. The van der Waals surface area contributed by atoms with Gasteiger partial charge >= 0.3 is 0 Å². The molecule has 3 nitrogen and oxygen atoms in total. The van der Waals surface area contributed by atoms with Gasteiger partial charge in [-0.2, -0.15) is 0 Å². The van der Waals surface area contributed by atoms with Gasteiger partial charge in [-0.25, -0.2) is 13.2 Å². The van der Waals surface area contributed by atoms with Crippen molar-refractivity contribution in [2.24, 2.45) is 17.6 Å². The van der Waals surface area contributed by atoms with E-state index >= 15 is 0 Å². The Labute approximate surface area is 110 Å². The minimum Gasteiger partial charge on any atom is -0.330 e. The first kappa shape index (κ1) is 15.5. The maximum atomic E-state index is 13.4. The molecule has 0 saturated heterocycles. The van der Waals surface area contributed by atoms with Crippen LogP contribution in [0.2, 0.25) is 0 Å². The molecule has 106 valence electrons. The summed E-state index contributed by atoms with van der Waals surface area (Å²) in [6, 6.07) is 1.01. The first-order valence-corrected chi connectivity index (χ1v) is 6.00. The molecule has 1 amide bonds. The van der Waals surface area contributed by atoms with E-state index in [2.05, 4.69) is 5.32 Å². The third-order valence-corrected chi connectivity index (χ3v) is 2.68. The first-order chi connectivity index (χ1) is 8.85. The number of nitrogens with two attached hydrogens (primary N) is 1. The van der Waals surface area contributed by atoms with Crippen LogP contribution in [0.1, 0.15) is 20.3 Å². The fourth-order valence-electron chi connectivity index (χ4n) is 1.73. The van der Waals surface area contributed by atoms with E-state index in [1.807, 2.05) is 13.8 Å². The lowest BCUT2D eigenvalue weighted by molar-refractivity contribution is -0.120. The molecule has 1 aromatic carbocycles. The molecule has 0 radical (unpaired) electrons. The lowest BCUT2D eigenvalue weighted by Crippen LogP contribution is -2.30. The van der Waals surface area contributed by atoms with Crippen molar-refractivity contribution in [2.75, 3.05) is 11.9 Å². The zero-order chi connectivity index (χ0) is 14.6. The summed E-state index contributed by atoms with van der Waals surface area (Å²) in [6.45, 7) is 3.96. The molecule has 0 fully saturated rings. The van der Waals surface area contributed by atoms with Crippen molar-refractivity contribution in [3.63, 3.8) is 0 Å². The maximum absolute atomic E-state index is 13.4. The average molecular weight is 274 g/mol. The summed E-state index contributed by atoms with van der Waals surface area (Å²) in [5.41, 5.74) is 5.10. The predicted molar refractivity (Wildman–Crippen MR) is 66.9 cm³/mol. The number of hydrogen-bond donors (Lipinski definition) is 2. The number of anilines is 1. The van der Waals surface area contributed by atoms with Crippen LogP contribution in [-0.2, 0) is 4.79 Å². The average Bonchev–Trinajstić information content (AvgIpc) is 2.32. The molecule has 0 bridgehead atoms. The lowest BCUT2D eigenvalue weighted by atomic mass is 9.96. The van der Waals surface area contributed by atoms with Crippen molar-refractivity contribution in [3.05, 3.63) is 29.6 Å². The highest BCUT2D eigenvalue weighted by molar-refractivity contribution is 5.92. The molecule has 1 atom stereocenters. The predicted octanol–water partition coefficient (Wildman–Crippen LogP) is 2.66. The van der Waals surface area contributed by atoms with E-state index in [4.69, 9.17) is 5.73 Å². The van der Waals surface area contributed by atoms with Crippen LogP contribution in [0.5, 0.6) is 0 Å². The van der Waals surface area contributed by atoms with E-state index in [0.29, 0.717) is 18.6 Å². The van der Waals surface area contributed by atoms with Crippen LogP contribution in [0.15, 0.2) is 12.1 Å². The molecule has 0 aliphatic rings. The standard InChI is InChI=1S/C13H17F3N2O/c1-7(2)3-8(6-17)13(19)18-12-5-10(15)9(14)4-11(12)16/h4-5,7-8H,3,6,17H2,1-2H3,(H,18,19). The zero-order valence-electron chi connectivity index (χ0n) is 10.8. The SMILES string of the molecule is CC(C)CC(CN)C(=O)Nc1cc(F)c(F)cc1F. The van der Waals surface area contributed by atoms with Gasteiger partial charge in [-0.05, 0) is 12.3 Å². The molecular weight excluding hydrogens is 257 g/mol. The topological polar surface area (TPSA) is 55.1 Å². The van der Waals surface area contributed by atoms with E-state index < -0.39 is 29.3 Å². The Bertz CT molecular complexity index is 463. The maximum Gasteiger partial charge on any atom is 0.228 e. The van der Waals surface area contributed by atoms with Gasteiger partial charge in [-0.1, -0.05) is 13.8 Å². The van der Waals surface area contributed by atoms with Gasteiger partial charge in [0, 0.05) is 18.7 Å². The lowest BCUT2D eigenvalue weighted by Gasteiger charge is -2.17. The van der Waals surface area contributed by atoms with Crippen molar-refractivity contribution in [3.8, 4) is 0 Å². The van der Waals surface area contributed by atoms with Gasteiger partial charge in [0.15, 0.2) is 11.6 Å². The number of carbonyl (C=O) groups excluding carboxylic acids is 1. The summed E-state index contributed by atoms with van der Waals surface area (Å²) in [5.74, 6) is -4.28. The van der Waals surface area contributed by atoms with Gasteiger partial charge in [0.1, 0.15) is 5.82 Å². The molecule has 0 spiro atoms. The van der Waals surface area contributed by atoms with Gasteiger partial charge in [0.2, 0.25) is 5.91 Å². The molecular formula is C13H17F3N2O. The molecule has 0 saturated carbocycles. The Balaban J connectivity index is 2.84. The molecule has 0 heterocycles. The van der Waals surface area contributed by atoms with Gasteiger partial charge < -0.3 is 11.1 Å². The van der Waals surface area contributed by atoms with Crippen LogP contribution in [0.25, 0.3) is 0 Å². The van der Waals surface area contributed by atoms with Crippen LogP contribution in [0.3, 0.4) is 0 Å². The minimum absolute atomic E-state index is 0.106. The summed E-state index contributed by atoms with van der Waals surface area (Å²) >= 11 is 0. The Hall–Kier alpha value is -1.56. The number of nitrogens with one attached hydrogen (secondary N) is 1. The molecule has 1 rings (SSSR count). The van der Waals surface area contributed by atoms with E-state index in [0.717, 1.165) is 0 Å². The summed E-state index contributed by atoms with van der Waals surface area (Å²) in [7, 11) is 0. The van der Waals surface area contributed by atoms with Gasteiger partial charge in [0.05, 0.1) is 11.6 Å². The van der Waals surface area contributed by atoms with E-state index in [1.54, 1.807) is 0 Å². The zero-order valence-corrected chi connectivity index (χ0v) is 10.8. The monoisotopic (exact) mass is 274 g/mol. The van der Waals surface area contributed by atoms with Crippen molar-refractivity contribution in [1.29, 1.82) is 0 Å². The molecule has 0 aromatic heterocycles. The summed E-state index contributed by atoms with van der Waals surface area (Å²) in [5, 5.41) is 2.23.